The number of nitrogens with one attached hydrogen (secondary N) is 1. The van der Waals surface area contributed by atoms with Gasteiger partial charge in [-0.1, -0.05) is 80.4 Å². The second-order valence-corrected chi connectivity index (χ2v) is 16.1. The van der Waals surface area contributed by atoms with E-state index in [1.54, 1.807) is 5.57 Å². The first-order chi connectivity index (χ1) is 23.0. The molecule has 2 aromatic rings. The molecule has 3 saturated carbocycles. The number of amides is 1. The van der Waals surface area contributed by atoms with Crippen molar-refractivity contribution >= 4 is 11.7 Å². The quantitative estimate of drug-likeness (QED) is 0.181. The van der Waals surface area contributed by atoms with Crippen LogP contribution in [-0.2, 0) is 29.2 Å². The Morgan fingerprint density at radius 1 is 0.875 bits per heavy atom. The van der Waals surface area contributed by atoms with Crippen LogP contribution in [0.15, 0.2) is 59.7 Å². The number of hydrogen-bond acceptors (Lipinski definition) is 5. The van der Waals surface area contributed by atoms with Crippen LogP contribution in [0.1, 0.15) is 120 Å². The van der Waals surface area contributed by atoms with E-state index in [1.807, 2.05) is 42.5 Å². The minimum Gasteiger partial charge on any atom is -0.393 e. The SMILES string of the molecule is CC(CCC(=O)CCC(=O)NCc1ccccc1Cc1ccccc1CO)C1CCC2=C3CCC4CC(O)CCC4(C)C3CC(O)C21C. The molecule has 0 saturated heterocycles. The highest BCUT2D eigenvalue weighted by atomic mass is 16.3. The number of aliphatic hydroxyl groups excluding tert-OH is 3. The van der Waals surface area contributed by atoms with Gasteiger partial charge in [0.1, 0.15) is 5.78 Å². The molecule has 1 amide bonds. The van der Waals surface area contributed by atoms with Crippen LogP contribution < -0.4 is 5.32 Å². The molecule has 0 spiro atoms. The highest BCUT2D eigenvalue weighted by molar-refractivity contribution is 5.84. The Balaban J connectivity index is 0.995. The van der Waals surface area contributed by atoms with Gasteiger partial charge in [0.15, 0.2) is 0 Å². The van der Waals surface area contributed by atoms with E-state index in [-0.39, 0.29) is 54.2 Å². The number of aliphatic hydroxyl groups is 3. The molecule has 2 aromatic carbocycles. The molecule has 260 valence electrons. The van der Waals surface area contributed by atoms with Crippen molar-refractivity contribution in [2.75, 3.05) is 0 Å². The van der Waals surface area contributed by atoms with Gasteiger partial charge in [0.2, 0.25) is 5.91 Å². The molecule has 0 radical (unpaired) electrons. The summed E-state index contributed by atoms with van der Waals surface area (Å²) in [4.78, 5) is 25.8. The first kappa shape index (κ1) is 35.0. The molecule has 4 N–H and O–H groups in total. The van der Waals surface area contributed by atoms with Gasteiger partial charge in [-0.25, -0.2) is 0 Å². The Kier molecular flexibility index (Phi) is 10.6. The lowest BCUT2D eigenvalue weighted by molar-refractivity contribution is -0.125. The second kappa shape index (κ2) is 14.6. The number of Topliss-reactive ketones (excluding diaryl/α,β-unsaturated/α-hetero) is 1. The molecular weight excluding hydrogens is 598 g/mol. The molecule has 0 aromatic heterocycles. The Morgan fingerprint density at radius 2 is 1.56 bits per heavy atom. The molecule has 8 unspecified atom stereocenters. The average Bonchev–Trinajstić information content (AvgIpc) is 3.45. The molecule has 48 heavy (non-hydrogen) atoms. The number of allylic oxidation sites excluding steroid dienone is 1. The Hall–Kier alpha value is -2.80. The molecule has 0 heterocycles. The van der Waals surface area contributed by atoms with Gasteiger partial charge in [-0.2, -0.15) is 0 Å². The monoisotopic (exact) mass is 655 g/mol. The van der Waals surface area contributed by atoms with Gasteiger partial charge in [-0.3, -0.25) is 9.59 Å². The summed E-state index contributed by atoms with van der Waals surface area (Å²) in [5.74, 6) is 1.68. The standard InChI is InChI=1S/C42H57NO5/c1-27(36-17-18-37-35-16-13-32-23-34(46)20-21-41(32,2)38(35)24-39(47)42(36,37)3)12-14-33(45)15-19-40(48)43-25-30-10-6-4-8-28(30)22-29-9-5-7-11-31(29)26-44/h4-11,27,32,34,36,38-39,44,46-47H,12-26H2,1-3H3,(H,43,48). The normalized spacial score (nSPS) is 31.8. The van der Waals surface area contributed by atoms with E-state index >= 15 is 0 Å². The summed E-state index contributed by atoms with van der Waals surface area (Å²) in [5, 5.41) is 34.9. The Labute approximate surface area is 287 Å². The van der Waals surface area contributed by atoms with E-state index in [4.69, 9.17) is 0 Å². The van der Waals surface area contributed by atoms with Crippen LogP contribution in [0, 0.1) is 34.5 Å². The van der Waals surface area contributed by atoms with Crippen molar-refractivity contribution in [3.63, 3.8) is 0 Å². The lowest BCUT2D eigenvalue weighted by Crippen LogP contribution is -2.52. The van der Waals surface area contributed by atoms with E-state index in [1.165, 1.54) is 5.57 Å². The van der Waals surface area contributed by atoms with Crippen LogP contribution in [-0.4, -0.2) is 39.2 Å². The zero-order chi connectivity index (χ0) is 34.1. The maximum absolute atomic E-state index is 13.0. The number of carbonyl (C=O) groups excluding carboxylic acids is 2. The fourth-order valence-electron chi connectivity index (χ4n) is 10.6. The summed E-state index contributed by atoms with van der Waals surface area (Å²) in [6.45, 7) is 7.41. The molecule has 0 aliphatic heterocycles. The number of rotatable bonds is 12. The highest BCUT2D eigenvalue weighted by Gasteiger charge is 2.59. The third-order valence-electron chi connectivity index (χ3n) is 13.6. The second-order valence-electron chi connectivity index (χ2n) is 16.1. The average molecular weight is 656 g/mol. The first-order valence-electron chi connectivity index (χ1n) is 18.7. The third-order valence-corrected chi connectivity index (χ3v) is 13.6. The molecule has 6 heteroatoms. The summed E-state index contributed by atoms with van der Waals surface area (Å²) in [7, 11) is 0. The zero-order valence-electron chi connectivity index (χ0n) is 29.3. The number of ketones is 1. The summed E-state index contributed by atoms with van der Waals surface area (Å²) in [6.07, 6.45) is 9.92. The number of carbonyl (C=O) groups is 2. The number of fused-ring (bicyclic) bond motifs is 4. The van der Waals surface area contributed by atoms with Crippen molar-refractivity contribution in [1.82, 2.24) is 5.32 Å². The molecule has 3 fully saturated rings. The maximum Gasteiger partial charge on any atom is 0.220 e. The molecule has 8 atom stereocenters. The number of benzene rings is 2. The summed E-state index contributed by atoms with van der Waals surface area (Å²) < 4.78 is 0. The van der Waals surface area contributed by atoms with E-state index in [0.29, 0.717) is 43.1 Å². The third kappa shape index (κ3) is 6.82. The van der Waals surface area contributed by atoms with Crippen molar-refractivity contribution in [2.45, 2.75) is 130 Å². The molecule has 6 nitrogen and oxygen atoms in total. The largest absolute Gasteiger partial charge is 0.393 e. The zero-order valence-corrected chi connectivity index (χ0v) is 29.3. The first-order valence-corrected chi connectivity index (χ1v) is 18.7. The van der Waals surface area contributed by atoms with Crippen LogP contribution in [0.5, 0.6) is 0 Å². The number of hydrogen-bond donors (Lipinski definition) is 4. The molecular formula is C42H57NO5. The Bertz CT molecular complexity index is 1510. The summed E-state index contributed by atoms with van der Waals surface area (Å²) >= 11 is 0. The molecule has 4 aliphatic rings. The summed E-state index contributed by atoms with van der Waals surface area (Å²) in [6, 6.07) is 15.9. The minimum atomic E-state index is -0.368. The van der Waals surface area contributed by atoms with Gasteiger partial charge in [-0.05, 0) is 116 Å². The topological polar surface area (TPSA) is 107 Å². The lowest BCUT2D eigenvalue weighted by Gasteiger charge is -2.58. The highest BCUT2D eigenvalue weighted by Crippen LogP contribution is 2.65. The van der Waals surface area contributed by atoms with Gasteiger partial charge in [0.25, 0.3) is 0 Å². The smallest absolute Gasteiger partial charge is 0.220 e. The van der Waals surface area contributed by atoms with E-state index in [0.717, 1.165) is 80.0 Å². The predicted octanol–water partition coefficient (Wildman–Crippen LogP) is 7.21. The van der Waals surface area contributed by atoms with Crippen molar-refractivity contribution in [3.05, 3.63) is 81.9 Å². The molecule has 0 bridgehead atoms. The van der Waals surface area contributed by atoms with Crippen LogP contribution >= 0.6 is 0 Å². The van der Waals surface area contributed by atoms with Crippen molar-refractivity contribution < 1.29 is 24.9 Å². The van der Waals surface area contributed by atoms with E-state index in [2.05, 4.69) is 32.2 Å². The van der Waals surface area contributed by atoms with Gasteiger partial charge in [0, 0.05) is 31.2 Å². The van der Waals surface area contributed by atoms with Gasteiger partial charge < -0.3 is 20.6 Å². The van der Waals surface area contributed by atoms with Crippen molar-refractivity contribution in [1.29, 1.82) is 0 Å². The van der Waals surface area contributed by atoms with Crippen molar-refractivity contribution in [2.24, 2.45) is 34.5 Å². The fourth-order valence-corrected chi connectivity index (χ4v) is 10.6. The molecule has 6 rings (SSSR count). The van der Waals surface area contributed by atoms with E-state index in [9.17, 15) is 24.9 Å². The lowest BCUT2D eigenvalue weighted by atomic mass is 9.48. The van der Waals surface area contributed by atoms with Gasteiger partial charge >= 0.3 is 0 Å². The van der Waals surface area contributed by atoms with Gasteiger partial charge in [-0.15, -0.1) is 0 Å². The summed E-state index contributed by atoms with van der Waals surface area (Å²) in [5.41, 5.74) is 7.24. The molecule has 4 aliphatic carbocycles. The van der Waals surface area contributed by atoms with Crippen LogP contribution in [0.3, 0.4) is 0 Å². The van der Waals surface area contributed by atoms with Crippen LogP contribution in [0.2, 0.25) is 0 Å². The maximum atomic E-state index is 13.0. The van der Waals surface area contributed by atoms with Crippen LogP contribution in [0.4, 0.5) is 0 Å². The predicted molar refractivity (Wildman–Crippen MR) is 189 cm³/mol. The minimum absolute atomic E-state index is 0.00381. The van der Waals surface area contributed by atoms with Crippen molar-refractivity contribution in [3.8, 4) is 0 Å². The fraction of sp³-hybridized carbons (Fsp3) is 0.619. The van der Waals surface area contributed by atoms with Crippen LogP contribution in [0.25, 0.3) is 0 Å². The Morgan fingerprint density at radius 3 is 2.29 bits per heavy atom. The van der Waals surface area contributed by atoms with E-state index < -0.39 is 0 Å². The van der Waals surface area contributed by atoms with Gasteiger partial charge in [0.05, 0.1) is 18.8 Å².